The number of carbonyl (C=O) groups is 1. The first kappa shape index (κ1) is 12.2. The Labute approximate surface area is 112 Å². The monoisotopic (exact) mass is 258 g/mol. The molecule has 0 bridgehead atoms. The number of fused-ring (bicyclic) bond motifs is 1. The number of aryl methyl sites for hydroxylation is 1. The van der Waals surface area contributed by atoms with E-state index in [1.54, 1.807) is 0 Å². The first-order chi connectivity index (χ1) is 9.15. The molecule has 1 saturated carbocycles. The molecule has 0 saturated heterocycles. The van der Waals surface area contributed by atoms with E-state index in [9.17, 15) is 4.79 Å². The zero-order valence-corrected chi connectivity index (χ0v) is 11.0. The van der Waals surface area contributed by atoms with Gasteiger partial charge in [-0.2, -0.15) is 0 Å². The van der Waals surface area contributed by atoms with Crippen LogP contribution in [0.25, 0.3) is 10.9 Å². The smallest absolute Gasteiger partial charge is 0.317 e. The summed E-state index contributed by atoms with van der Waals surface area (Å²) in [4.78, 5) is 13.0. The molecule has 0 unspecified atom stereocenters. The van der Waals surface area contributed by atoms with Gasteiger partial charge in [0.25, 0.3) is 0 Å². The van der Waals surface area contributed by atoms with Crippen molar-refractivity contribution in [3.8, 4) is 0 Å². The van der Waals surface area contributed by atoms with Gasteiger partial charge in [0.1, 0.15) is 0 Å². The molecule has 4 heteroatoms. The van der Waals surface area contributed by atoms with E-state index in [2.05, 4.69) is 27.8 Å². The van der Waals surface area contributed by atoms with E-state index in [0.717, 1.165) is 19.4 Å². The van der Waals surface area contributed by atoms with Crippen molar-refractivity contribution < 1.29 is 9.90 Å². The molecule has 1 aliphatic rings. The van der Waals surface area contributed by atoms with Gasteiger partial charge in [-0.25, -0.2) is 0 Å². The predicted octanol–water partition coefficient (Wildman–Crippen LogP) is 2.23. The van der Waals surface area contributed by atoms with Crippen LogP contribution in [0.4, 0.5) is 0 Å². The van der Waals surface area contributed by atoms with E-state index in [-0.39, 0.29) is 6.54 Å². The molecule has 0 atom stereocenters. The third-order valence-electron chi connectivity index (χ3n) is 3.75. The molecule has 100 valence electrons. The van der Waals surface area contributed by atoms with Crippen molar-refractivity contribution >= 4 is 16.9 Å². The van der Waals surface area contributed by atoms with E-state index in [1.807, 2.05) is 19.2 Å². The maximum absolute atomic E-state index is 11.0. The van der Waals surface area contributed by atoms with E-state index in [4.69, 9.17) is 5.11 Å². The van der Waals surface area contributed by atoms with Crippen LogP contribution in [0.1, 0.15) is 18.4 Å². The Morgan fingerprint density at radius 1 is 1.42 bits per heavy atom. The largest absolute Gasteiger partial charge is 0.480 e. The van der Waals surface area contributed by atoms with Crippen molar-refractivity contribution in [2.45, 2.75) is 25.4 Å². The molecule has 0 amide bonds. The van der Waals surface area contributed by atoms with Gasteiger partial charge in [0.05, 0.1) is 6.54 Å². The fourth-order valence-corrected chi connectivity index (χ4v) is 2.70. The maximum Gasteiger partial charge on any atom is 0.317 e. The van der Waals surface area contributed by atoms with Gasteiger partial charge in [0.2, 0.25) is 0 Å². The minimum atomic E-state index is -0.743. The van der Waals surface area contributed by atoms with Crippen LogP contribution < -0.4 is 0 Å². The number of nitrogens with zero attached hydrogens (tertiary/aromatic N) is 2. The molecule has 1 fully saturated rings. The van der Waals surface area contributed by atoms with Gasteiger partial charge in [-0.15, -0.1) is 0 Å². The van der Waals surface area contributed by atoms with E-state index < -0.39 is 5.97 Å². The van der Waals surface area contributed by atoms with Gasteiger partial charge in [-0.3, -0.25) is 9.69 Å². The molecule has 1 aliphatic carbocycles. The number of aliphatic carboxylic acids is 1. The van der Waals surface area contributed by atoms with Crippen LogP contribution in [-0.2, 0) is 18.4 Å². The van der Waals surface area contributed by atoms with Crippen molar-refractivity contribution in [2.75, 3.05) is 6.54 Å². The standard InChI is InChI=1S/C15H18N2O2/c1-16-8-11(13-4-2-3-5-14(13)16)9-17(10-15(18)19)12-6-7-12/h2-5,8,12H,6-7,9-10H2,1H3,(H,18,19). The molecule has 19 heavy (non-hydrogen) atoms. The van der Waals surface area contributed by atoms with Crippen LogP contribution >= 0.6 is 0 Å². The molecular weight excluding hydrogens is 240 g/mol. The summed E-state index contributed by atoms with van der Waals surface area (Å²) >= 11 is 0. The number of hydrogen-bond donors (Lipinski definition) is 1. The summed E-state index contributed by atoms with van der Waals surface area (Å²) < 4.78 is 2.11. The Balaban J connectivity index is 1.89. The van der Waals surface area contributed by atoms with Crippen molar-refractivity contribution in [1.82, 2.24) is 9.47 Å². The van der Waals surface area contributed by atoms with Crippen LogP contribution in [0.5, 0.6) is 0 Å². The van der Waals surface area contributed by atoms with Crippen LogP contribution in [0.15, 0.2) is 30.5 Å². The van der Waals surface area contributed by atoms with Crippen LogP contribution in [0, 0.1) is 0 Å². The SMILES string of the molecule is Cn1cc(CN(CC(=O)O)C2CC2)c2ccccc21. The third kappa shape index (κ3) is 2.49. The summed E-state index contributed by atoms with van der Waals surface area (Å²) in [6.45, 7) is 0.853. The number of carboxylic acids is 1. The van der Waals surface area contributed by atoms with Crippen LogP contribution in [-0.4, -0.2) is 33.1 Å². The third-order valence-corrected chi connectivity index (χ3v) is 3.75. The highest BCUT2D eigenvalue weighted by Gasteiger charge is 2.30. The average Bonchev–Trinajstić information content (AvgIpc) is 3.16. The fraction of sp³-hybridized carbons (Fsp3) is 0.400. The van der Waals surface area contributed by atoms with Crippen molar-refractivity contribution in [1.29, 1.82) is 0 Å². The number of hydrogen-bond acceptors (Lipinski definition) is 2. The van der Waals surface area contributed by atoms with E-state index in [0.29, 0.717) is 6.04 Å². The van der Waals surface area contributed by atoms with E-state index in [1.165, 1.54) is 16.5 Å². The van der Waals surface area contributed by atoms with Gasteiger partial charge in [0.15, 0.2) is 0 Å². The topological polar surface area (TPSA) is 45.5 Å². The lowest BCUT2D eigenvalue weighted by Crippen LogP contribution is -2.31. The number of benzene rings is 1. The maximum atomic E-state index is 11.0. The minimum Gasteiger partial charge on any atom is -0.480 e. The van der Waals surface area contributed by atoms with Gasteiger partial charge in [-0.1, -0.05) is 18.2 Å². The molecule has 1 heterocycles. The van der Waals surface area contributed by atoms with Crippen LogP contribution in [0.2, 0.25) is 0 Å². The quantitative estimate of drug-likeness (QED) is 0.894. The number of para-hydroxylation sites is 1. The zero-order valence-electron chi connectivity index (χ0n) is 11.0. The summed E-state index contributed by atoms with van der Waals surface area (Å²) in [5, 5.41) is 10.2. The molecule has 0 aliphatic heterocycles. The van der Waals surface area contributed by atoms with Gasteiger partial charge in [-0.05, 0) is 24.5 Å². The van der Waals surface area contributed by atoms with Gasteiger partial charge >= 0.3 is 5.97 Å². The molecule has 1 aromatic carbocycles. The molecule has 1 N–H and O–H groups in total. The van der Waals surface area contributed by atoms with Crippen molar-refractivity contribution in [3.63, 3.8) is 0 Å². The summed E-state index contributed by atoms with van der Waals surface area (Å²) in [5.74, 6) is -0.743. The first-order valence-electron chi connectivity index (χ1n) is 6.64. The number of carboxylic acid groups (broad SMARTS) is 1. The predicted molar refractivity (Wildman–Crippen MR) is 74.0 cm³/mol. The Kier molecular flexibility index (Phi) is 3.03. The van der Waals surface area contributed by atoms with Crippen molar-refractivity contribution in [3.05, 3.63) is 36.0 Å². The normalized spacial score (nSPS) is 15.3. The number of aromatic nitrogens is 1. The summed E-state index contributed by atoms with van der Waals surface area (Å²) in [6.07, 6.45) is 4.36. The molecule has 2 aromatic rings. The first-order valence-corrected chi connectivity index (χ1v) is 6.64. The molecule has 4 nitrogen and oxygen atoms in total. The second kappa shape index (κ2) is 4.70. The number of rotatable bonds is 5. The second-order valence-electron chi connectivity index (χ2n) is 5.31. The van der Waals surface area contributed by atoms with E-state index >= 15 is 0 Å². The highest BCUT2D eigenvalue weighted by atomic mass is 16.4. The molecule has 3 rings (SSSR count). The lowest BCUT2D eigenvalue weighted by Gasteiger charge is -2.19. The lowest BCUT2D eigenvalue weighted by molar-refractivity contribution is -0.138. The van der Waals surface area contributed by atoms with Crippen LogP contribution in [0.3, 0.4) is 0 Å². The fourth-order valence-electron chi connectivity index (χ4n) is 2.70. The lowest BCUT2D eigenvalue weighted by atomic mass is 10.1. The second-order valence-corrected chi connectivity index (χ2v) is 5.31. The molecule has 0 spiro atoms. The summed E-state index contributed by atoms with van der Waals surface area (Å²) in [7, 11) is 2.03. The Morgan fingerprint density at radius 3 is 2.84 bits per heavy atom. The highest BCUT2D eigenvalue weighted by molar-refractivity contribution is 5.83. The Bertz CT molecular complexity index is 614. The zero-order chi connectivity index (χ0) is 13.4. The molecule has 0 radical (unpaired) electrons. The Hall–Kier alpha value is -1.81. The Morgan fingerprint density at radius 2 is 2.16 bits per heavy atom. The minimum absolute atomic E-state index is 0.133. The van der Waals surface area contributed by atoms with Gasteiger partial charge < -0.3 is 9.67 Å². The van der Waals surface area contributed by atoms with Crippen molar-refractivity contribution in [2.24, 2.45) is 7.05 Å². The molecule has 1 aromatic heterocycles. The highest BCUT2D eigenvalue weighted by Crippen LogP contribution is 2.30. The van der Waals surface area contributed by atoms with Gasteiger partial charge in [0, 0.05) is 36.7 Å². The average molecular weight is 258 g/mol. The summed E-state index contributed by atoms with van der Waals surface area (Å²) in [5.41, 5.74) is 2.41. The molecular formula is C15H18N2O2. The summed E-state index contributed by atoms with van der Waals surface area (Å²) in [6, 6.07) is 8.72.